The number of carbonyl (C=O) groups is 1. The summed E-state index contributed by atoms with van der Waals surface area (Å²) in [4.78, 5) is 28.0. The van der Waals surface area contributed by atoms with Crippen molar-refractivity contribution in [3.63, 3.8) is 0 Å². The highest BCUT2D eigenvalue weighted by molar-refractivity contribution is 7.99. The summed E-state index contributed by atoms with van der Waals surface area (Å²) in [5.41, 5.74) is 0.975. The number of benzene rings is 1. The van der Waals surface area contributed by atoms with Crippen molar-refractivity contribution in [3.05, 3.63) is 57.8 Å². The number of aryl methyl sites for hydroxylation is 1. The maximum atomic E-state index is 12.3. The molecule has 0 spiro atoms. The van der Waals surface area contributed by atoms with Gasteiger partial charge in [-0.25, -0.2) is 4.98 Å². The number of hydrogen-bond donors (Lipinski definition) is 1. The molecule has 2 aromatic rings. The summed E-state index contributed by atoms with van der Waals surface area (Å²) < 4.78 is 0. The van der Waals surface area contributed by atoms with Crippen LogP contribution < -0.4 is 5.32 Å². The standard InChI is InChI=1S/C18H21N3O3S/c1-12(2)9-10-25-16-8-7-14(11-15(16)21(23)24)18(22)20-17-6-4-5-13(3)19-17/h4-8,11-12H,9-10H2,1-3H3,(H,19,20,22). The number of amides is 1. The number of nitrogens with one attached hydrogen (secondary N) is 1. The van der Waals surface area contributed by atoms with Gasteiger partial charge < -0.3 is 5.32 Å². The molecule has 0 saturated carbocycles. The predicted octanol–water partition coefficient (Wildman–Crippen LogP) is 4.69. The minimum absolute atomic E-state index is 0.0430. The first-order valence-electron chi connectivity index (χ1n) is 8.03. The van der Waals surface area contributed by atoms with Gasteiger partial charge in [-0.2, -0.15) is 0 Å². The maximum absolute atomic E-state index is 12.3. The molecule has 1 heterocycles. The molecule has 0 aliphatic rings. The smallest absolute Gasteiger partial charge is 0.283 e. The zero-order chi connectivity index (χ0) is 18.4. The molecule has 2 rings (SSSR count). The molecule has 132 valence electrons. The lowest BCUT2D eigenvalue weighted by Crippen LogP contribution is -2.13. The van der Waals surface area contributed by atoms with Gasteiger partial charge in [-0.05, 0) is 49.3 Å². The first-order valence-corrected chi connectivity index (χ1v) is 9.01. The van der Waals surface area contributed by atoms with Crippen LogP contribution in [0.3, 0.4) is 0 Å². The lowest BCUT2D eigenvalue weighted by Gasteiger charge is -2.08. The number of nitro benzene ring substituents is 1. The Labute approximate surface area is 151 Å². The Morgan fingerprint density at radius 3 is 2.72 bits per heavy atom. The highest BCUT2D eigenvalue weighted by Gasteiger charge is 2.18. The second-order valence-electron chi connectivity index (χ2n) is 6.09. The molecular formula is C18H21N3O3S. The van der Waals surface area contributed by atoms with E-state index < -0.39 is 10.8 Å². The zero-order valence-electron chi connectivity index (χ0n) is 14.5. The third-order valence-electron chi connectivity index (χ3n) is 3.50. The van der Waals surface area contributed by atoms with Crippen molar-refractivity contribution in [2.45, 2.75) is 32.1 Å². The minimum Gasteiger partial charge on any atom is -0.307 e. The van der Waals surface area contributed by atoms with E-state index in [1.807, 2.05) is 13.0 Å². The van der Waals surface area contributed by atoms with Crippen LogP contribution in [-0.2, 0) is 0 Å². The summed E-state index contributed by atoms with van der Waals surface area (Å²) in [6, 6.07) is 9.86. The van der Waals surface area contributed by atoms with Gasteiger partial charge >= 0.3 is 0 Å². The van der Waals surface area contributed by atoms with Crippen molar-refractivity contribution in [1.82, 2.24) is 4.98 Å². The monoisotopic (exact) mass is 359 g/mol. The minimum atomic E-state index is -0.445. The molecule has 1 aromatic carbocycles. The van der Waals surface area contributed by atoms with Gasteiger partial charge in [0.2, 0.25) is 0 Å². The molecule has 1 N–H and O–H groups in total. The predicted molar refractivity (Wildman–Crippen MR) is 100 cm³/mol. The molecule has 25 heavy (non-hydrogen) atoms. The van der Waals surface area contributed by atoms with Crippen molar-refractivity contribution in [2.24, 2.45) is 5.92 Å². The van der Waals surface area contributed by atoms with Crippen molar-refractivity contribution in [1.29, 1.82) is 0 Å². The molecular weight excluding hydrogens is 338 g/mol. The van der Waals surface area contributed by atoms with Crippen molar-refractivity contribution in [3.8, 4) is 0 Å². The quantitative estimate of drug-likeness (QED) is 0.440. The Balaban J connectivity index is 2.17. The molecule has 0 fully saturated rings. The van der Waals surface area contributed by atoms with Crippen LogP contribution in [0.5, 0.6) is 0 Å². The fourth-order valence-electron chi connectivity index (χ4n) is 2.13. The Morgan fingerprint density at radius 2 is 2.08 bits per heavy atom. The van der Waals surface area contributed by atoms with E-state index in [4.69, 9.17) is 0 Å². The van der Waals surface area contributed by atoms with E-state index in [0.29, 0.717) is 16.6 Å². The highest BCUT2D eigenvalue weighted by atomic mass is 32.2. The Bertz CT molecular complexity index is 778. The van der Waals surface area contributed by atoms with Crippen LogP contribution in [-0.4, -0.2) is 21.6 Å². The molecule has 0 bridgehead atoms. The summed E-state index contributed by atoms with van der Waals surface area (Å²) in [6.45, 7) is 6.05. The van der Waals surface area contributed by atoms with E-state index in [1.165, 1.54) is 17.8 Å². The lowest BCUT2D eigenvalue weighted by atomic mass is 10.2. The first-order chi connectivity index (χ1) is 11.9. The Hall–Kier alpha value is -2.41. The Kier molecular flexibility index (Phi) is 6.52. The fraction of sp³-hybridized carbons (Fsp3) is 0.333. The molecule has 6 nitrogen and oxygen atoms in total. The SMILES string of the molecule is Cc1cccc(NC(=O)c2ccc(SCCC(C)C)c([N+](=O)[O-])c2)n1. The number of rotatable bonds is 7. The first kappa shape index (κ1) is 18.9. The van der Waals surface area contributed by atoms with Gasteiger partial charge in [-0.15, -0.1) is 11.8 Å². The summed E-state index contributed by atoms with van der Waals surface area (Å²) in [6.07, 6.45) is 0.975. The van der Waals surface area contributed by atoms with Crippen LogP contribution >= 0.6 is 11.8 Å². The molecule has 0 aliphatic heterocycles. The number of hydrogen-bond acceptors (Lipinski definition) is 5. The van der Waals surface area contributed by atoms with E-state index in [0.717, 1.165) is 17.9 Å². The number of nitro groups is 1. The number of aromatic nitrogens is 1. The normalized spacial score (nSPS) is 10.7. The molecule has 7 heteroatoms. The van der Waals surface area contributed by atoms with Gasteiger partial charge in [-0.1, -0.05) is 19.9 Å². The van der Waals surface area contributed by atoms with E-state index in [2.05, 4.69) is 24.1 Å². The van der Waals surface area contributed by atoms with Crippen molar-refractivity contribution in [2.75, 3.05) is 11.1 Å². The summed E-state index contributed by atoms with van der Waals surface area (Å²) in [5, 5.41) is 14.0. The highest BCUT2D eigenvalue weighted by Crippen LogP contribution is 2.31. The second kappa shape index (κ2) is 8.62. The zero-order valence-corrected chi connectivity index (χ0v) is 15.3. The fourth-order valence-corrected chi connectivity index (χ4v) is 3.38. The average Bonchev–Trinajstić information content (AvgIpc) is 2.54. The van der Waals surface area contributed by atoms with E-state index in [9.17, 15) is 14.9 Å². The summed E-state index contributed by atoms with van der Waals surface area (Å²) in [7, 11) is 0. The van der Waals surface area contributed by atoms with Crippen molar-refractivity contribution >= 4 is 29.2 Å². The summed E-state index contributed by atoms with van der Waals surface area (Å²) in [5.74, 6) is 1.35. The van der Waals surface area contributed by atoms with E-state index in [1.54, 1.807) is 24.3 Å². The maximum Gasteiger partial charge on any atom is 0.283 e. The van der Waals surface area contributed by atoms with Crippen LogP contribution in [0.15, 0.2) is 41.3 Å². The number of nitrogens with zero attached hydrogens (tertiary/aromatic N) is 2. The molecule has 0 aliphatic carbocycles. The van der Waals surface area contributed by atoms with Crippen LogP contribution in [0.4, 0.5) is 11.5 Å². The lowest BCUT2D eigenvalue weighted by molar-refractivity contribution is -0.387. The van der Waals surface area contributed by atoms with Gasteiger partial charge in [0.25, 0.3) is 11.6 Å². The van der Waals surface area contributed by atoms with Gasteiger partial charge in [0.1, 0.15) is 5.82 Å². The molecule has 1 amide bonds. The van der Waals surface area contributed by atoms with E-state index >= 15 is 0 Å². The topological polar surface area (TPSA) is 85.1 Å². The van der Waals surface area contributed by atoms with Crippen LogP contribution in [0.25, 0.3) is 0 Å². The van der Waals surface area contributed by atoms with Gasteiger partial charge in [0.05, 0.1) is 9.82 Å². The molecule has 0 saturated heterocycles. The van der Waals surface area contributed by atoms with Crippen LogP contribution in [0, 0.1) is 23.0 Å². The number of carbonyl (C=O) groups excluding carboxylic acids is 1. The third kappa shape index (κ3) is 5.56. The number of pyridine rings is 1. The van der Waals surface area contributed by atoms with Gasteiger partial charge in [0, 0.05) is 17.3 Å². The second-order valence-corrected chi connectivity index (χ2v) is 7.23. The molecule has 1 aromatic heterocycles. The largest absolute Gasteiger partial charge is 0.307 e. The third-order valence-corrected chi connectivity index (χ3v) is 4.60. The molecule has 0 atom stereocenters. The average molecular weight is 359 g/mol. The van der Waals surface area contributed by atoms with E-state index in [-0.39, 0.29) is 11.3 Å². The van der Waals surface area contributed by atoms with Crippen LogP contribution in [0.1, 0.15) is 36.3 Å². The van der Waals surface area contributed by atoms with Crippen LogP contribution in [0.2, 0.25) is 0 Å². The number of thioether (sulfide) groups is 1. The Morgan fingerprint density at radius 1 is 1.32 bits per heavy atom. The van der Waals surface area contributed by atoms with Gasteiger partial charge in [-0.3, -0.25) is 14.9 Å². The molecule has 0 radical (unpaired) electrons. The number of anilines is 1. The van der Waals surface area contributed by atoms with Crippen molar-refractivity contribution < 1.29 is 9.72 Å². The van der Waals surface area contributed by atoms with Gasteiger partial charge in [0.15, 0.2) is 0 Å². The molecule has 0 unspecified atom stereocenters. The summed E-state index contributed by atoms with van der Waals surface area (Å²) >= 11 is 1.44.